The molecule has 26 heavy (non-hydrogen) atoms. The van der Waals surface area contributed by atoms with Crippen LogP contribution in [0.15, 0.2) is 53.7 Å². The highest BCUT2D eigenvalue weighted by Crippen LogP contribution is 2.14. The molecule has 0 aliphatic carbocycles. The monoisotopic (exact) mass is 364 g/mol. The number of carbonyl (C=O) groups is 1. The Morgan fingerprint density at radius 1 is 1.19 bits per heavy atom. The zero-order chi connectivity index (χ0) is 18.8. The van der Waals surface area contributed by atoms with E-state index in [9.17, 15) is 13.6 Å². The third kappa shape index (κ3) is 6.76. The van der Waals surface area contributed by atoms with Crippen molar-refractivity contribution in [3.63, 3.8) is 0 Å². The number of rotatable bonds is 9. The summed E-state index contributed by atoms with van der Waals surface area (Å²) in [6.07, 6.45) is 1.36. The van der Waals surface area contributed by atoms with Gasteiger partial charge in [0.2, 0.25) is 0 Å². The highest BCUT2D eigenvalue weighted by molar-refractivity contribution is 5.80. The number of benzene rings is 2. The van der Waals surface area contributed by atoms with Crippen molar-refractivity contribution in [2.24, 2.45) is 5.16 Å². The molecule has 0 fully saturated rings. The lowest BCUT2D eigenvalue weighted by atomic mass is 10.2. The highest BCUT2D eigenvalue weighted by atomic mass is 19.3. The van der Waals surface area contributed by atoms with E-state index < -0.39 is 6.61 Å². The summed E-state index contributed by atoms with van der Waals surface area (Å²) in [4.78, 5) is 16.6. The third-order valence-corrected chi connectivity index (χ3v) is 3.20. The largest absolute Gasteiger partial charge is 0.497 e. The van der Waals surface area contributed by atoms with Gasteiger partial charge in [-0.05, 0) is 47.5 Å². The van der Waals surface area contributed by atoms with Crippen molar-refractivity contribution >= 4 is 12.1 Å². The van der Waals surface area contributed by atoms with Gasteiger partial charge in [-0.2, -0.15) is 8.78 Å². The Morgan fingerprint density at radius 2 is 1.96 bits per heavy atom. The van der Waals surface area contributed by atoms with Crippen LogP contribution < -0.4 is 14.8 Å². The number of halogens is 2. The maximum Gasteiger partial charge on any atom is 0.387 e. The molecule has 0 aliphatic heterocycles. The maximum absolute atomic E-state index is 12.0. The van der Waals surface area contributed by atoms with Crippen LogP contribution in [0.2, 0.25) is 0 Å². The molecule has 0 saturated carbocycles. The van der Waals surface area contributed by atoms with E-state index in [1.54, 1.807) is 7.11 Å². The second kappa shape index (κ2) is 9.97. The van der Waals surface area contributed by atoms with Crippen molar-refractivity contribution < 1.29 is 27.9 Å². The quantitative estimate of drug-likeness (QED) is 0.549. The van der Waals surface area contributed by atoms with Crippen LogP contribution in [-0.4, -0.2) is 32.4 Å². The number of hydrogen-bond donors (Lipinski definition) is 1. The lowest BCUT2D eigenvalue weighted by molar-refractivity contribution is -0.125. The molecular formula is C18H18F2N2O4. The summed E-state index contributed by atoms with van der Waals surface area (Å²) < 4.78 is 33.4. The summed E-state index contributed by atoms with van der Waals surface area (Å²) in [6.45, 7) is -2.77. The van der Waals surface area contributed by atoms with Gasteiger partial charge in [-0.3, -0.25) is 4.79 Å². The first-order valence-corrected chi connectivity index (χ1v) is 7.66. The van der Waals surface area contributed by atoms with Gasteiger partial charge in [0.15, 0.2) is 6.61 Å². The summed E-state index contributed by atoms with van der Waals surface area (Å²) in [5.74, 6) is 0.434. The van der Waals surface area contributed by atoms with Crippen molar-refractivity contribution in [1.82, 2.24) is 5.32 Å². The van der Waals surface area contributed by atoms with E-state index in [1.165, 1.54) is 30.5 Å². The predicted octanol–water partition coefficient (Wildman–Crippen LogP) is 2.96. The van der Waals surface area contributed by atoms with Crippen LogP contribution >= 0.6 is 0 Å². The molecule has 0 aliphatic rings. The minimum absolute atomic E-state index is 0.0509. The number of methoxy groups -OCH3 is 1. The van der Waals surface area contributed by atoms with Crippen LogP contribution in [0, 0.1) is 0 Å². The molecule has 138 valence electrons. The fraction of sp³-hybridized carbons (Fsp3) is 0.222. The minimum atomic E-state index is -2.87. The summed E-state index contributed by atoms with van der Waals surface area (Å²) in [6, 6.07) is 13.2. The maximum atomic E-state index is 12.0. The number of ether oxygens (including phenoxy) is 2. The Hall–Kier alpha value is -3.16. The number of nitrogens with zero attached hydrogens (tertiary/aromatic N) is 1. The standard InChI is InChI=1S/C18H18F2N2O4/c1-24-16-4-2-3-14(9-16)10-21-17(23)12-25-22-11-13-5-7-15(8-6-13)26-18(19)20/h2-9,11,18H,10,12H2,1H3,(H,21,23)/b22-11+. The molecule has 2 aromatic carbocycles. The SMILES string of the molecule is COc1cccc(CNC(=O)CO/N=C/c2ccc(OC(F)F)cc2)c1. The number of nitrogens with one attached hydrogen (secondary N) is 1. The summed E-state index contributed by atoms with van der Waals surface area (Å²) in [7, 11) is 1.57. The molecule has 0 radical (unpaired) electrons. The Balaban J connectivity index is 1.71. The Kier molecular flexibility index (Phi) is 7.35. The second-order valence-electron chi connectivity index (χ2n) is 5.08. The van der Waals surface area contributed by atoms with E-state index in [-0.39, 0.29) is 18.3 Å². The predicted molar refractivity (Wildman–Crippen MR) is 91.5 cm³/mol. The minimum Gasteiger partial charge on any atom is -0.497 e. The van der Waals surface area contributed by atoms with Crippen molar-refractivity contribution in [1.29, 1.82) is 0 Å². The average molecular weight is 364 g/mol. The topological polar surface area (TPSA) is 69.2 Å². The van der Waals surface area contributed by atoms with Gasteiger partial charge in [-0.1, -0.05) is 17.3 Å². The smallest absolute Gasteiger partial charge is 0.387 e. The number of amides is 1. The molecule has 0 heterocycles. The fourth-order valence-corrected chi connectivity index (χ4v) is 1.96. The van der Waals surface area contributed by atoms with Gasteiger partial charge in [0, 0.05) is 6.54 Å². The van der Waals surface area contributed by atoms with Crippen molar-refractivity contribution in [3.05, 3.63) is 59.7 Å². The highest BCUT2D eigenvalue weighted by Gasteiger charge is 2.04. The number of hydrogen-bond acceptors (Lipinski definition) is 5. The summed E-state index contributed by atoms with van der Waals surface area (Å²) in [5.41, 5.74) is 1.51. The van der Waals surface area contributed by atoms with Crippen molar-refractivity contribution in [2.45, 2.75) is 13.2 Å². The molecule has 2 aromatic rings. The van der Waals surface area contributed by atoms with E-state index in [0.29, 0.717) is 17.9 Å². The molecule has 1 amide bonds. The van der Waals surface area contributed by atoms with Crippen LogP contribution in [0.3, 0.4) is 0 Å². The van der Waals surface area contributed by atoms with Crippen LogP contribution in [0.1, 0.15) is 11.1 Å². The molecule has 1 N–H and O–H groups in total. The van der Waals surface area contributed by atoms with E-state index in [2.05, 4.69) is 15.2 Å². The van der Waals surface area contributed by atoms with Gasteiger partial charge in [-0.15, -0.1) is 0 Å². The Bertz CT molecular complexity index is 736. The zero-order valence-corrected chi connectivity index (χ0v) is 14.0. The first-order chi connectivity index (χ1) is 12.6. The molecule has 2 rings (SSSR count). The van der Waals surface area contributed by atoms with Gasteiger partial charge >= 0.3 is 6.61 Å². The van der Waals surface area contributed by atoms with Gasteiger partial charge in [0.25, 0.3) is 5.91 Å². The van der Waals surface area contributed by atoms with Crippen molar-refractivity contribution in [3.8, 4) is 11.5 Å². The molecule has 0 aromatic heterocycles. The summed E-state index contributed by atoms with van der Waals surface area (Å²) in [5, 5.41) is 6.35. The normalized spacial score (nSPS) is 10.8. The van der Waals surface area contributed by atoms with E-state index >= 15 is 0 Å². The zero-order valence-electron chi connectivity index (χ0n) is 14.0. The number of oxime groups is 1. The van der Waals surface area contributed by atoms with Gasteiger partial charge in [-0.25, -0.2) is 0 Å². The van der Waals surface area contributed by atoms with Gasteiger partial charge in [0.1, 0.15) is 11.5 Å². The van der Waals surface area contributed by atoms with Crippen LogP contribution in [0.25, 0.3) is 0 Å². The van der Waals surface area contributed by atoms with Gasteiger partial charge in [0.05, 0.1) is 13.3 Å². The number of alkyl halides is 2. The molecular weight excluding hydrogens is 346 g/mol. The lowest BCUT2D eigenvalue weighted by Gasteiger charge is -2.06. The Morgan fingerprint density at radius 3 is 2.65 bits per heavy atom. The molecule has 0 bridgehead atoms. The average Bonchev–Trinajstić information content (AvgIpc) is 2.64. The van der Waals surface area contributed by atoms with Crippen LogP contribution in [0.5, 0.6) is 11.5 Å². The molecule has 0 unspecified atom stereocenters. The molecule has 6 nitrogen and oxygen atoms in total. The Labute approximate surface area is 149 Å². The lowest BCUT2D eigenvalue weighted by Crippen LogP contribution is -2.26. The summed E-state index contributed by atoms with van der Waals surface area (Å²) >= 11 is 0. The molecule has 0 saturated heterocycles. The van der Waals surface area contributed by atoms with Crippen LogP contribution in [0.4, 0.5) is 8.78 Å². The first-order valence-electron chi connectivity index (χ1n) is 7.66. The molecule has 0 atom stereocenters. The molecule has 0 spiro atoms. The molecule has 8 heteroatoms. The van der Waals surface area contributed by atoms with E-state index in [1.807, 2.05) is 24.3 Å². The third-order valence-electron chi connectivity index (χ3n) is 3.20. The second-order valence-corrected chi connectivity index (χ2v) is 5.08. The van der Waals surface area contributed by atoms with Gasteiger partial charge < -0.3 is 19.6 Å². The fourth-order valence-electron chi connectivity index (χ4n) is 1.96. The van der Waals surface area contributed by atoms with E-state index in [0.717, 1.165) is 5.56 Å². The first kappa shape index (κ1) is 19.2. The van der Waals surface area contributed by atoms with Crippen molar-refractivity contribution in [2.75, 3.05) is 13.7 Å². The van der Waals surface area contributed by atoms with Crippen LogP contribution in [-0.2, 0) is 16.2 Å². The number of carbonyl (C=O) groups excluding carboxylic acids is 1. The van der Waals surface area contributed by atoms with E-state index in [4.69, 9.17) is 9.57 Å².